The highest BCUT2D eigenvalue weighted by Crippen LogP contribution is 2.25. The van der Waals surface area contributed by atoms with Gasteiger partial charge >= 0.3 is 0 Å². The van der Waals surface area contributed by atoms with Gasteiger partial charge in [-0.2, -0.15) is 0 Å². The monoisotopic (exact) mass is 179 g/mol. The van der Waals surface area contributed by atoms with Gasteiger partial charge in [-0.1, -0.05) is 30.3 Å². The maximum Gasteiger partial charge on any atom is 0.179 e. The van der Waals surface area contributed by atoms with E-state index >= 15 is 0 Å². The first-order chi connectivity index (χ1) is 6.38. The Morgan fingerprint density at radius 1 is 1.08 bits per heavy atom. The van der Waals surface area contributed by atoms with Crippen LogP contribution in [0.1, 0.15) is 24.7 Å². The van der Waals surface area contributed by atoms with Crippen molar-refractivity contribution in [2.24, 2.45) is 0 Å². The van der Waals surface area contributed by atoms with E-state index in [1.54, 1.807) is 0 Å². The number of likely N-dealkylation sites (tertiary alicyclic amines) is 1. The van der Waals surface area contributed by atoms with Crippen LogP contribution in [0.2, 0.25) is 0 Å². The van der Waals surface area contributed by atoms with Gasteiger partial charge in [-0.15, -0.1) is 0 Å². The molecule has 1 aromatic rings. The molecule has 0 spiro atoms. The van der Waals surface area contributed by atoms with Crippen LogP contribution in [0.15, 0.2) is 30.3 Å². The molecule has 2 rings (SSSR count). The fourth-order valence-electron chi connectivity index (χ4n) is 1.79. The quantitative estimate of drug-likeness (QED) is 0.631. The summed E-state index contributed by atoms with van der Waals surface area (Å²) >= 11 is 0. The van der Waals surface area contributed by atoms with Crippen molar-refractivity contribution in [3.8, 4) is 0 Å². The minimum atomic E-state index is -0.899. The molecule has 1 saturated heterocycles. The highest BCUT2D eigenvalue weighted by molar-refractivity contribution is 5.17. The van der Waals surface area contributed by atoms with Gasteiger partial charge in [-0.3, -0.25) is 4.90 Å². The minimum absolute atomic E-state index is 0.782. The molecule has 0 bridgehead atoms. The molecule has 1 nitrogen and oxygen atoms in total. The molecule has 13 heavy (non-hydrogen) atoms. The first kappa shape index (κ1) is 8.70. The SMILES string of the molecule is FC(c1ccccc1)N1CCCC1. The summed E-state index contributed by atoms with van der Waals surface area (Å²) in [5.41, 5.74) is 0.782. The largest absolute Gasteiger partial charge is 0.270 e. The summed E-state index contributed by atoms with van der Waals surface area (Å²) in [6.07, 6.45) is 1.37. The molecule has 0 N–H and O–H groups in total. The molecule has 1 aromatic carbocycles. The van der Waals surface area contributed by atoms with Crippen molar-refractivity contribution >= 4 is 0 Å². The van der Waals surface area contributed by atoms with Crippen LogP contribution >= 0.6 is 0 Å². The first-order valence-corrected chi connectivity index (χ1v) is 4.81. The Balaban J connectivity index is 2.08. The van der Waals surface area contributed by atoms with E-state index < -0.39 is 6.30 Å². The lowest BCUT2D eigenvalue weighted by molar-refractivity contribution is 0.109. The molecular weight excluding hydrogens is 165 g/mol. The zero-order chi connectivity index (χ0) is 9.10. The van der Waals surface area contributed by atoms with Crippen LogP contribution in [-0.2, 0) is 0 Å². The van der Waals surface area contributed by atoms with Crippen molar-refractivity contribution in [3.05, 3.63) is 35.9 Å². The second kappa shape index (κ2) is 3.88. The molecule has 1 aliphatic rings. The summed E-state index contributed by atoms with van der Waals surface area (Å²) in [5.74, 6) is 0. The van der Waals surface area contributed by atoms with Crippen LogP contribution < -0.4 is 0 Å². The van der Waals surface area contributed by atoms with E-state index in [9.17, 15) is 4.39 Å². The third kappa shape index (κ3) is 1.89. The summed E-state index contributed by atoms with van der Waals surface area (Å²) in [6, 6.07) is 9.39. The summed E-state index contributed by atoms with van der Waals surface area (Å²) < 4.78 is 13.8. The molecule has 0 aliphatic carbocycles. The van der Waals surface area contributed by atoms with Crippen molar-refractivity contribution in [1.29, 1.82) is 0 Å². The molecule has 2 heteroatoms. The van der Waals surface area contributed by atoms with E-state index in [0.717, 1.165) is 31.5 Å². The number of hydrogen-bond donors (Lipinski definition) is 0. The molecule has 1 fully saturated rings. The first-order valence-electron chi connectivity index (χ1n) is 4.81. The molecule has 1 unspecified atom stereocenters. The molecule has 1 atom stereocenters. The highest BCUT2D eigenvalue weighted by atomic mass is 19.1. The zero-order valence-electron chi connectivity index (χ0n) is 7.62. The number of benzene rings is 1. The van der Waals surface area contributed by atoms with Gasteiger partial charge in [0.15, 0.2) is 6.30 Å². The Morgan fingerprint density at radius 2 is 1.69 bits per heavy atom. The van der Waals surface area contributed by atoms with Gasteiger partial charge in [0.25, 0.3) is 0 Å². The summed E-state index contributed by atoms with van der Waals surface area (Å²) in [5, 5.41) is 0. The standard InChI is InChI=1S/C11H14FN/c12-11(13-8-4-5-9-13)10-6-2-1-3-7-10/h1-3,6-7,11H,4-5,8-9H2. The summed E-state index contributed by atoms with van der Waals surface area (Å²) in [4.78, 5) is 1.90. The second-order valence-electron chi connectivity index (χ2n) is 3.49. The molecule has 0 aromatic heterocycles. The van der Waals surface area contributed by atoms with Crippen LogP contribution in [0.25, 0.3) is 0 Å². The Hall–Kier alpha value is -0.890. The topological polar surface area (TPSA) is 3.24 Å². The molecule has 0 saturated carbocycles. The zero-order valence-corrected chi connectivity index (χ0v) is 7.62. The third-order valence-electron chi connectivity index (χ3n) is 2.54. The lowest BCUT2D eigenvalue weighted by atomic mass is 10.2. The Labute approximate surface area is 78.2 Å². The predicted molar refractivity (Wildman–Crippen MR) is 51.1 cm³/mol. The van der Waals surface area contributed by atoms with Gasteiger partial charge in [0, 0.05) is 18.7 Å². The van der Waals surface area contributed by atoms with Crippen LogP contribution in [0.4, 0.5) is 4.39 Å². The van der Waals surface area contributed by atoms with Gasteiger partial charge in [0.2, 0.25) is 0 Å². The molecule has 1 aliphatic heterocycles. The molecular formula is C11H14FN. The lowest BCUT2D eigenvalue weighted by Gasteiger charge is -2.19. The molecule has 70 valence electrons. The summed E-state index contributed by atoms with van der Waals surface area (Å²) in [6.45, 7) is 1.80. The van der Waals surface area contributed by atoms with Crippen molar-refractivity contribution in [3.63, 3.8) is 0 Å². The fourth-order valence-corrected chi connectivity index (χ4v) is 1.79. The number of halogens is 1. The average molecular weight is 179 g/mol. The predicted octanol–water partition coefficient (Wildman–Crippen LogP) is 2.75. The summed E-state index contributed by atoms with van der Waals surface area (Å²) in [7, 11) is 0. The van der Waals surface area contributed by atoms with E-state index in [4.69, 9.17) is 0 Å². The average Bonchev–Trinajstić information content (AvgIpc) is 2.71. The molecule has 1 heterocycles. The lowest BCUT2D eigenvalue weighted by Crippen LogP contribution is -2.22. The number of hydrogen-bond acceptors (Lipinski definition) is 1. The second-order valence-corrected chi connectivity index (χ2v) is 3.49. The van der Waals surface area contributed by atoms with Gasteiger partial charge in [-0.25, -0.2) is 4.39 Å². The fraction of sp³-hybridized carbons (Fsp3) is 0.455. The minimum Gasteiger partial charge on any atom is -0.270 e. The Morgan fingerprint density at radius 3 is 2.31 bits per heavy atom. The number of nitrogens with zero attached hydrogens (tertiary/aromatic N) is 1. The third-order valence-corrected chi connectivity index (χ3v) is 2.54. The van der Waals surface area contributed by atoms with Crippen LogP contribution in [0.3, 0.4) is 0 Å². The maximum atomic E-state index is 13.8. The van der Waals surface area contributed by atoms with E-state index in [0.29, 0.717) is 0 Å². The van der Waals surface area contributed by atoms with Crippen LogP contribution in [-0.4, -0.2) is 18.0 Å². The smallest absolute Gasteiger partial charge is 0.179 e. The maximum absolute atomic E-state index is 13.8. The normalized spacial score (nSPS) is 20.4. The van der Waals surface area contributed by atoms with E-state index in [2.05, 4.69) is 0 Å². The van der Waals surface area contributed by atoms with E-state index in [-0.39, 0.29) is 0 Å². The number of rotatable bonds is 2. The van der Waals surface area contributed by atoms with Crippen molar-refractivity contribution in [1.82, 2.24) is 4.90 Å². The van der Waals surface area contributed by atoms with Gasteiger partial charge in [-0.05, 0) is 12.8 Å². The highest BCUT2D eigenvalue weighted by Gasteiger charge is 2.21. The Kier molecular flexibility index (Phi) is 2.60. The van der Waals surface area contributed by atoms with Crippen LogP contribution in [0, 0.1) is 0 Å². The van der Waals surface area contributed by atoms with E-state index in [1.807, 2.05) is 35.2 Å². The van der Waals surface area contributed by atoms with Crippen molar-refractivity contribution < 1.29 is 4.39 Å². The molecule has 0 amide bonds. The van der Waals surface area contributed by atoms with Gasteiger partial charge in [0.05, 0.1) is 0 Å². The van der Waals surface area contributed by atoms with Crippen molar-refractivity contribution in [2.75, 3.05) is 13.1 Å². The Bertz CT molecular complexity index is 254. The molecule has 0 radical (unpaired) electrons. The van der Waals surface area contributed by atoms with E-state index in [1.165, 1.54) is 0 Å². The van der Waals surface area contributed by atoms with Crippen LogP contribution in [0.5, 0.6) is 0 Å². The number of alkyl halides is 1. The van der Waals surface area contributed by atoms with Gasteiger partial charge < -0.3 is 0 Å². The van der Waals surface area contributed by atoms with Gasteiger partial charge in [0.1, 0.15) is 0 Å². The van der Waals surface area contributed by atoms with Crippen molar-refractivity contribution in [2.45, 2.75) is 19.1 Å².